The fourth-order valence-electron chi connectivity index (χ4n) is 3.69. The lowest BCUT2D eigenvalue weighted by Gasteiger charge is -2.25. The van der Waals surface area contributed by atoms with E-state index in [1.165, 1.54) is 44.8 Å². The topological polar surface area (TPSA) is 116 Å². The van der Waals surface area contributed by atoms with Crippen LogP contribution in [0.3, 0.4) is 0 Å². The van der Waals surface area contributed by atoms with Gasteiger partial charge in [-0.3, -0.25) is 9.69 Å². The Morgan fingerprint density at radius 3 is 2.30 bits per heavy atom. The Morgan fingerprint density at radius 1 is 1.16 bits per heavy atom. The zero-order valence-corrected chi connectivity index (χ0v) is 22.3. The molecule has 0 aliphatic carbocycles. The molecule has 3 rings (SSSR count). The molecule has 0 bridgehead atoms. The summed E-state index contributed by atoms with van der Waals surface area (Å²) in [4.78, 5) is 34.7. The van der Waals surface area contributed by atoms with E-state index in [4.69, 9.17) is 4.74 Å². The van der Waals surface area contributed by atoms with Crippen molar-refractivity contribution in [2.45, 2.75) is 57.8 Å². The molecule has 0 aromatic carbocycles. The van der Waals surface area contributed by atoms with Crippen molar-refractivity contribution in [3.05, 3.63) is 34.4 Å². The molecule has 0 spiro atoms. The van der Waals surface area contributed by atoms with E-state index in [1.807, 2.05) is 0 Å². The third-order valence-electron chi connectivity index (χ3n) is 5.56. The van der Waals surface area contributed by atoms with E-state index in [-0.39, 0.29) is 45.4 Å². The van der Waals surface area contributed by atoms with Crippen molar-refractivity contribution >= 4 is 32.7 Å². The number of pyridine rings is 2. The Morgan fingerprint density at radius 2 is 1.78 bits per heavy atom. The number of ether oxygens (including phenoxy) is 1. The molecule has 14 heteroatoms. The van der Waals surface area contributed by atoms with Crippen LogP contribution in [-0.2, 0) is 34.3 Å². The minimum absolute atomic E-state index is 0.108. The number of alkyl halides is 3. The number of carbonyl (C=O) groups excluding carboxylic acids is 1. The van der Waals surface area contributed by atoms with E-state index in [1.54, 1.807) is 20.8 Å². The lowest BCUT2D eigenvalue weighted by molar-refractivity contribution is -0.144. The molecular formula is C23H28F3N5O5S. The van der Waals surface area contributed by atoms with E-state index in [0.29, 0.717) is 4.57 Å². The second-order valence-corrected chi connectivity index (χ2v) is 11.5. The second kappa shape index (κ2) is 9.47. The summed E-state index contributed by atoms with van der Waals surface area (Å²) < 4.78 is 74.0. The zero-order valence-electron chi connectivity index (χ0n) is 21.5. The number of anilines is 1. The first-order valence-corrected chi connectivity index (χ1v) is 13.0. The van der Waals surface area contributed by atoms with Gasteiger partial charge in [-0.15, -0.1) is 0 Å². The molecule has 0 radical (unpaired) electrons. The summed E-state index contributed by atoms with van der Waals surface area (Å²) in [6, 6.07) is 1.97. The molecule has 1 amide bonds. The summed E-state index contributed by atoms with van der Waals surface area (Å²) in [5, 5.41) is 0. The van der Waals surface area contributed by atoms with Crippen LogP contribution >= 0.6 is 0 Å². The van der Waals surface area contributed by atoms with E-state index in [0.717, 1.165) is 11.0 Å². The number of hydrogen-bond acceptors (Lipinski definition) is 7. The van der Waals surface area contributed by atoms with Crippen LogP contribution in [0.5, 0.6) is 0 Å². The molecule has 10 nitrogen and oxygen atoms in total. The van der Waals surface area contributed by atoms with Crippen LogP contribution < -0.4 is 10.5 Å². The van der Waals surface area contributed by atoms with Gasteiger partial charge in [0.05, 0.1) is 28.0 Å². The molecule has 0 unspecified atom stereocenters. The molecule has 0 saturated carbocycles. The molecular weight excluding hydrogens is 515 g/mol. The molecule has 3 aromatic rings. The molecule has 0 aliphatic heterocycles. The summed E-state index contributed by atoms with van der Waals surface area (Å²) >= 11 is 0. The van der Waals surface area contributed by atoms with Gasteiger partial charge in [0.1, 0.15) is 22.5 Å². The summed E-state index contributed by atoms with van der Waals surface area (Å²) in [5.41, 5.74) is -3.34. The number of aromatic nitrogens is 4. The zero-order chi connectivity index (χ0) is 28.1. The molecule has 0 aliphatic rings. The maximum atomic E-state index is 13.6. The Labute approximate surface area is 211 Å². The molecule has 0 N–H and O–H groups in total. The number of fused-ring (bicyclic) bond motifs is 1. The van der Waals surface area contributed by atoms with Gasteiger partial charge in [-0.25, -0.2) is 23.2 Å². The van der Waals surface area contributed by atoms with E-state index >= 15 is 0 Å². The van der Waals surface area contributed by atoms with Crippen molar-refractivity contribution in [2.75, 3.05) is 17.7 Å². The van der Waals surface area contributed by atoms with Gasteiger partial charge in [-0.1, -0.05) is 6.92 Å². The quantitative estimate of drug-likeness (QED) is 0.478. The molecule has 202 valence electrons. The predicted octanol–water partition coefficient (Wildman–Crippen LogP) is 4.00. The molecule has 37 heavy (non-hydrogen) atoms. The van der Waals surface area contributed by atoms with Crippen LogP contribution in [0.25, 0.3) is 22.6 Å². The highest BCUT2D eigenvalue weighted by molar-refractivity contribution is 7.91. The van der Waals surface area contributed by atoms with Crippen LogP contribution in [0.15, 0.2) is 28.0 Å². The number of hydrogen-bond donors (Lipinski definition) is 0. The molecule has 3 aromatic heterocycles. The van der Waals surface area contributed by atoms with Gasteiger partial charge >= 0.3 is 12.3 Å². The molecule has 0 saturated heterocycles. The van der Waals surface area contributed by atoms with Gasteiger partial charge in [-0.05, 0) is 39.8 Å². The summed E-state index contributed by atoms with van der Waals surface area (Å²) in [5.74, 6) is -0.445. The summed E-state index contributed by atoms with van der Waals surface area (Å²) in [7, 11) is -1.18. The van der Waals surface area contributed by atoms with Crippen LogP contribution in [-0.4, -0.2) is 52.0 Å². The summed E-state index contributed by atoms with van der Waals surface area (Å²) in [6.07, 6.45) is -4.33. The Hall–Kier alpha value is -3.42. The van der Waals surface area contributed by atoms with Crippen molar-refractivity contribution in [1.82, 2.24) is 19.1 Å². The van der Waals surface area contributed by atoms with Crippen LogP contribution in [0, 0.1) is 0 Å². The van der Waals surface area contributed by atoms with Gasteiger partial charge in [0.2, 0.25) is 0 Å². The van der Waals surface area contributed by atoms with Crippen molar-refractivity contribution in [3.63, 3.8) is 0 Å². The maximum Gasteiger partial charge on any atom is 0.431 e. The minimum Gasteiger partial charge on any atom is -0.443 e. The normalized spacial score (nSPS) is 12.7. The lowest BCUT2D eigenvalue weighted by atomic mass is 10.2. The predicted molar refractivity (Wildman–Crippen MR) is 131 cm³/mol. The number of halogens is 3. The van der Waals surface area contributed by atoms with Crippen LogP contribution in [0.1, 0.15) is 40.3 Å². The minimum atomic E-state index is -4.80. The number of amides is 1. The Bertz CT molecular complexity index is 1540. The van der Waals surface area contributed by atoms with E-state index < -0.39 is 39.0 Å². The fourth-order valence-corrected chi connectivity index (χ4v) is 4.74. The highest BCUT2D eigenvalue weighted by atomic mass is 32.2. The molecule has 0 atom stereocenters. The van der Waals surface area contributed by atoms with E-state index in [2.05, 4.69) is 9.97 Å². The molecule has 3 heterocycles. The SMILES string of the molecule is CCn1c(C(F)(F)F)cc2nc(-c3ncc(N(C)C(=O)OC(C)(C)C)cc3S(=O)(=O)CC)n(C)c2c1=O. The fraction of sp³-hybridized carbons (Fsp3) is 0.478. The third-order valence-corrected chi connectivity index (χ3v) is 7.30. The average molecular weight is 544 g/mol. The lowest BCUT2D eigenvalue weighted by Crippen LogP contribution is -2.34. The van der Waals surface area contributed by atoms with Gasteiger partial charge in [0.15, 0.2) is 15.7 Å². The van der Waals surface area contributed by atoms with Crippen LogP contribution in [0.2, 0.25) is 0 Å². The van der Waals surface area contributed by atoms with Gasteiger partial charge in [0.25, 0.3) is 5.56 Å². The summed E-state index contributed by atoms with van der Waals surface area (Å²) in [6.45, 7) is 7.62. The smallest absolute Gasteiger partial charge is 0.431 e. The number of nitrogens with zero attached hydrogens (tertiary/aromatic N) is 5. The largest absolute Gasteiger partial charge is 0.443 e. The van der Waals surface area contributed by atoms with Crippen molar-refractivity contribution in [1.29, 1.82) is 0 Å². The van der Waals surface area contributed by atoms with Gasteiger partial charge in [0, 0.05) is 20.6 Å². The second-order valence-electron chi connectivity index (χ2n) is 9.29. The Balaban J connectivity index is 2.29. The number of rotatable bonds is 5. The highest BCUT2D eigenvalue weighted by Crippen LogP contribution is 2.33. The maximum absolute atomic E-state index is 13.6. The first kappa shape index (κ1) is 28.2. The number of sulfone groups is 1. The first-order chi connectivity index (χ1) is 16.9. The standard InChI is InChI=1S/C23H28F3N5O5S/c1-8-31-16(23(24,25)26)11-14-18(20(31)32)30(7)19(28-14)17-15(37(34,35)9-2)10-13(12-27-17)29(6)21(33)36-22(3,4)5/h10-12H,8-9H2,1-7H3. The number of carbonyl (C=O) groups is 1. The average Bonchev–Trinajstić information content (AvgIpc) is 3.12. The van der Waals surface area contributed by atoms with Crippen molar-refractivity contribution in [3.8, 4) is 11.5 Å². The highest BCUT2D eigenvalue weighted by Gasteiger charge is 2.36. The van der Waals surface area contributed by atoms with Crippen LogP contribution in [0.4, 0.5) is 23.7 Å². The third kappa shape index (κ3) is 5.33. The number of aryl methyl sites for hydroxylation is 1. The van der Waals surface area contributed by atoms with Gasteiger partial charge in [-0.2, -0.15) is 13.2 Å². The first-order valence-electron chi connectivity index (χ1n) is 11.3. The Kier molecular flexibility index (Phi) is 7.21. The van der Waals surface area contributed by atoms with Gasteiger partial charge < -0.3 is 13.9 Å². The van der Waals surface area contributed by atoms with Crippen molar-refractivity contribution in [2.24, 2.45) is 7.05 Å². The monoisotopic (exact) mass is 543 g/mol. The van der Waals surface area contributed by atoms with Crippen molar-refractivity contribution < 1.29 is 31.1 Å². The van der Waals surface area contributed by atoms with E-state index in [9.17, 15) is 31.2 Å². The number of imidazole rings is 1. The molecule has 0 fully saturated rings.